The van der Waals surface area contributed by atoms with Gasteiger partial charge in [0, 0.05) is 40.1 Å². The van der Waals surface area contributed by atoms with Gasteiger partial charge < -0.3 is 4.57 Å². The van der Waals surface area contributed by atoms with Crippen molar-refractivity contribution in [2.75, 3.05) is 7.05 Å². The summed E-state index contributed by atoms with van der Waals surface area (Å²) in [5.74, 6) is 0. The van der Waals surface area contributed by atoms with E-state index in [1.54, 1.807) is 12.4 Å². The molecule has 0 saturated heterocycles. The van der Waals surface area contributed by atoms with Crippen LogP contribution in [-0.4, -0.2) is 16.6 Å². The molecule has 0 saturated carbocycles. The second kappa shape index (κ2) is 7.33. The van der Waals surface area contributed by atoms with Gasteiger partial charge in [0.25, 0.3) is 0 Å². The minimum Gasteiger partial charge on any atom is -0.316 e. The molecular weight excluding hydrogens is 383 g/mol. The number of alkyl halides is 3. The highest BCUT2D eigenvalue weighted by atomic mass is 32.2. The monoisotopic (exact) mass is 399 g/mol. The standard InChI is InChI=1S/C21H16F3N3S/c1-25-28-17-6-7-20-18(12-17)19(14-8-10-26-11-9-14)13-27(20)16-4-2-15(3-5-16)21(22,23)24/h2-13,25H,1H3. The largest absolute Gasteiger partial charge is 0.416 e. The molecule has 7 heteroatoms. The van der Waals surface area contributed by atoms with Gasteiger partial charge in [0.15, 0.2) is 0 Å². The van der Waals surface area contributed by atoms with Crippen LogP contribution in [0.2, 0.25) is 0 Å². The first-order chi connectivity index (χ1) is 13.5. The zero-order chi connectivity index (χ0) is 19.7. The van der Waals surface area contributed by atoms with E-state index in [4.69, 9.17) is 0 Å². The van der Waals surface area contributed by atoms with Crippen LogP contribution in [0.5, 0.6) is 0 Å². The molecule has 0 aliphatic heterocycles. The van der Waals surface area contributed by atoms with Crippen molar-refractivity contribution >= 4 is 22.9 Å². The van der Waals surface area contributed by atoms with Crippen LogP contribution in [0.4, 0.5) is 13.2 Å². The third kappa shape index (κ3) is 3.50. The van der Waals surface area contributed by atoms with Crippen molar-refractivity contribution < 1.29 is 13.2 Å². The van der Waals surface area contributed by atoms with Crippen molar-refractivity contribution in [3.63, 3.8) is 0 Å². The van der Waals surface area contributed by atoms with Gasteiger partial charge in [0.2, 0.25) is 0 Å². The van der Waals surface area contributed by atoms with Crippen molar-refractivity contribution in [1.82, 2.24) is 14.3 Å². The maximum Gasteiger partial charge on any atom is 0.416 e. The van der Waals surface area contributed by atoms with Crippen LogP contribution < -0.4 is 4.72 Å². The number of nitrogens with one attached hydrogen (secondary N) is 1. The fourth-order valence-electron chi connectivity index (χ4n) is 3.18. The summed E-state index contributed by atoms with van der Waals surface area (Å²) < 4.78 is 43.7. The van der Waals surface area contributed by atoms with Crippen molar-refractivity contribution in [1.29, 1.82) is 0 Å². The summed E-state index contributed by atoms with van der Waals surface area (Å²) in [6.07, 6.45) is 1.06. The number of pyridine rings is 1. The van der Waals surface area contributed by atoms with Crippen LogP contribution in [-0.2, 0) is 6.18 Å². The molecule has 28 heavy (non-hydrogen) atoms. The summed E-state index contributed by atoms with van der Waals surface area (Å²) in [5, 5.41) is 1.02. The number of fused-ring (bicyclic) bond motifs is 1. The van der Waals surface area contributed by atoms with E-state index in [2.05, 4.69) is 15.8 Å². The molecule has 2 aromatic carbocycles. The molecule has 4 aromatic rings. The summed E-state index contributed by atoms with van der Waals surface area (Å²) in [7, 11) is 1.85. The molecule has 3 nitrogen and oxygen atoms in total. The number of hydrogen-bond donors (Lipinski definition) is 1. The summed E-state index contributed by atoms with van der Waals surface area (Å²) in [5.41, 5.74) is 2.93. The van der Waals surface area contributed by atoms with Crippen LogP contribution in [0, 0.1) is 0 Å². The molecule has 0 unspecified atom stereocenters. The first-order valence-corrected chi connectivity index (χ1v) is 9.36. The Morgan fingerprint density at radius 1 is 0.964 bits per heavy atom. The molecule has 0 amide bonds. The van der Waals surface area contributed by atoms with Crippen molar-refractivity contribution in [2.24, 2.45) is 0 Å². The lowest BCUT2D eigenvalue weighted by atomic mass is 10.1. The highest BCUT2D eigenvalue weighted by Gasteiger charge is 2.30. The molecule has 0 radical (unpaired) electrons. The van der Waals surface area contributed by atoms with E-state index < -0.39 is 11.7 Å². The van der Waals surface area contributed by atoms with E-state index >= 15 is 0 Å². The van der Waals surface area contributed by atoms with Crippen LogP contribution in [0.25, 0.3) is 27.7 Å². The van der Waals surface area contributed by atoms with Crippen molar-refractivity contribution in [3.05, 3.63) is 78.8 Å². The molecule has 0 spiro atoms. The first kappa shape index (κ1) is 18.6. The predicted molar refractivity (Wildman–Crippen MR) is 106 cm³/mol. The fraction of sp³-hybridized carbons (Fsp3) is 0.0952. The fourth-order valence-corrected chi connectivity index (χ4v) is 3.73. The maximum atomic E-state index is 12.9. The zero-order valence-electron chi connectivity index (χ0n) is 14.9. The number of hydrogen-bond acceptors (Lipinski definition) is 3. The number of aromatic nitrogens is 2. The summed E-state index contributed by atoms with van der Waals surface area (Å²) >= 11 is 1.51. The Labute approximate surface area is 164 Å². The molecule has 2 aromatic heterocycles. The second-order valence-electron chi connectivity index (χ2n) is 6.18. The number of rotatable bonds is 4. The van der Waals surface area contributed by atoms with Gasteiger partial charge >= 0.3 is 6.18 Å². The lowest BCUT2D eigenvalue weighted by molar-refractivity contribution is -0.137. The lowest BCUT2D eigenvalue weighted by Crippen LogP contribution is -2.04. The van der Waals surface area contributed by atoms with E-state index in [1.165, 1.54) is 24.1 Å². The second-order valence-corrected chi connectivity index (χ2v) is 7.26. The minimum atomic E-state index is -4.35. The van der Waals surface area contributed by atoms with Crippen LogP contribution in [0.3, 0.4) is 0 Å². The summed E-state index contributed by atoms with van der Waals surface area (Å²) in [4.78, 5) is 5.12. The molecular formula is C21H16F3N3S. The molecule has 142 valence electrons. The number of nitrogens with zero attached hydrogens (tertiary/aromatic N) is 2. The molecule has 0 aliphatic rings. The van der Waals surface area contributed by atoms with Crippen molar-refractivity contribution in [3.8, 4) is 16.8 Å². The predicted octanol–water partition coefficient (Wildman–Crippen LogP) is 5.94. The Hall–Kier alpha value is -2.77. The third-order valence-corrected chi connectivity index (χ3v) is 5.15. The van der Waals surface area contributed by atoms with E-state index in [1.807, 2.05) is 42.1 Å². The Morgan fingerprint density at radius 2 is 1.68 bits per heavy atom. The van der Waals surface area contributed by atoms with Crippen LogP contribution in [0.1, 0.15) is 5.56 Å². The highest BCUT2D eigenvalue weighted by molar-refractivity contribution is 7.97. The molecule has 1 N–H and O–H groups in total. The van der Waals surface area contributed by atoms with E-state index in [-0.39, 0.29) is 0 Å². The Kier molecular flexibility index (Phi) is 4.87. The summed E-state index contributed by atoms with van der Waals surface area (Å²) in [6, 6.07) is 15.1. The highest BCUT2D eigenvalue weighted by Crippen LogP contribution is 2.35. The Morgan fingerprint density at radius 3 is 2.32 bits per heavy atom. The van der Waals surface area contributed by atoms with Gasteiger partial charge in [0.05, 0.1) is 11.1 Å². The first-order valence-electron chi connectivity index (χ1n) is 8.54. The number of halogens is 3. The van der Waals surface area contributed by atoms with Crippen LogP contribution in [0.15, 0.2) is 78.1 Å². The third-order valence-electron chi connectivity index (χ3n) is 4.46. The lowest BCUT2D eigenvalue weighted by Gasteiger charge is -2.09. The van der Waals surface area contributed by atoms with Gasteiger partial charge in [-0.15, -0.1) is 0 Å². The SMILES string of the molecule is CNSc1ccc2c(c1)c(-c1ccncc1)cn2-c1ccc(C(F)(F)F)cc1. The Bertz CT molecular complexity index is 1100. The van der Waals surface area contributed by atoms with Gasteiger partial charge in [-0.3, -0.25) is 9.71 Å². The molecule has 0 aliphatic carbocycles. The zero-order valence-corrected chi connectivity index (χ0v) is 15.7. The van der Waals surface area contributed by atoms with E-state index in [0.29, 0.717) is 5.69 Å². The van der Waals surface area contributed by atoms with Crippen LogP contribution >= 0.6 is 11.9 Å². The molecule has 4 rings (SSSR count). The van der Waals surface area contributed by atoms with Gasteiger partial charge in [-0.1, -0.05) is 0 Å². The van der Waals surface area contributed by atoms with Gasteiger partial charge in [-0.2, -0.15) is 13.2 Å². The minimum absolute atomic E-state index is 0.658. The van der Waals surface area contributed by atoms with Crippen molar-refractivity contribution in [2.45, 2.75) is 11.1 Å². The van der Waals surface area contributed by atoms with Gasteiger partial charge in [-0.25, -0.2) is 0 Å². The molecule has 0 bridgehead atoms. The quantitative estimate of drug-likeness (QED) is 0.431. The molecule has 2 heterocycles. The van der Waals surface area contributed by atoms with Gasteiger partial charge in [-0.05, 0) is 79.2 Å². The van der Waals surface area contributed by atoms with Gasteiger partial charge in [0.1, 0.15) is 0 Å². The molecule has 0 fully saturated rings. The maximum absolute atomic E-state index is 12.9. The average molecular weight is 399 g/mol. The normalized spacial score (nSPS) is 11.9. The Balaban J connectivity index is 1.89. The van der Waals surface area contributed by atoms with E-state index in [0.717, 1.165) is 39.1 Å². The smallest absolute Gasteiger partial charge is 0.316 e. The average Bonchev–Trinajstić information content (AvgIpc) is 3.07. The van der Waals surface area contributed by atoms with E-state index in [9.17, 15) is 13.2 Å². The number of benzene rings is 2. The topological polar surface area (TPSA) is 29.9 Å². The summed E-state index contributed by atoms with van der Waals surface area (Å²) in [6.45, 7) is 0. The molecule has 0 atom stereocenters.